The Labute approximate surface area is 152 Å². The number of para-hydroxylation sites is 1. The van der Waals surface area contributed by atoms with Crippen LogP contribution in [0, 0.1) is 0 Å². The molecule has 0 aliphatic heterocycles. The summed E-state index contributed by atoms with van der Waals surface area (Å²) in [5, 5.41) is 9.96. The average molecular weight is 354 g/mol. The van der Waals surface area contributed by atoms with E-state index in [-0.39, 0.29) is 16.9 Å². The Balaban J connectivity index is 2.47. The lowest BCUT2D eigenvalue weighted by atomic mass is 10.00. The Morgan fingerprint density at radius 1 is 1.00 bits per heavy atom. The van der Waals surface area contributed by atoms with Gasteiger partial charge in [0.15, 0.2) is 0 Å². The lowest BCUT2D eigenvalue weighted by Crippen LogP contribution is -2.27. The van der Waals surface area contributed by atoms with Gasteiger partial charge in [-0.3, -0.25) is 4.79 Å². The third kappa shape index (κ3) is 4.96. The van der Waals surface area contributed by atoms with Gasteiger partial charge in [0.2, 0.25) is 5.78 Å². The second kappa shape index (κ2) is 7.87. The maximum absolute atomic E-state index is 12.9. The minimum Gasteiger partial charge on any atom is -0.507 e. The molecule has 0 radical (unpaired) electrons. The van der Waals surface area contributed by atoms with Crippen molar-refractivity contribution in [3.8, 4) is 11.5 Å². The van der Waals surface area contributed by atoms with Gasteiger partial charge in [0.05, 0.1) is 12.7 Å². The normalized spacial score (nSPS) is 11.8. The van der Waals surface area contributed by atoms with E-state index in [9.17, 15) is 14.7 Å². The van der Waals surface area contributed by atoms with Crippen LogP contribution in [0.25, 0.3) is 6.08 Å². The summed E-state index contributed by atoms with van der Waals surface area (Å²) in [5.74, 6) is -0.885. The SMILES string of the molecule is COc1ccc(/C=C(\C(=O)OC(C)(C)C)C(=O)c2ccccc2O)cc1. The number of esters is 1. The zero-order chi connectivity index (χ0) is 19.3. The molecule has 26 heavy (non-hydrogen) atoms. The first-order valence-corrected chi connectivity index (χ1v) is 8.13. The number of phenolic OH excluding ortho intramolecular Hbond substituents is 1. The van der Waals surface area contributed by atoms with Gasteiger partial charge in [-0.25, -0.2) is 4.79 Å². The molecule has 0 saturated carbocycles. The van der Waals surface area contributed by atoms with Crippen LogP contribution in [0.1, 0.15) is 36.7 Å². The highest BCUT2D eigenvalue weighted by Crippen LogP contribution is 2.24. The molecule has 0 aliphatic carbocycles. The van der Waals surface area contributed by atoms with Gasteiger partial charge < -0.3 is 14.6 Å². The minimum absolute atomic E-state index is 0.0399. The van der Waals surface area contributed by atoms with E-state index in [1.165, 1.54) is 18.2 Å². The zero-order valence-corrected chi connectivity index (χ0v) is 15.3. The molecule has 0 unspecified atom stereocenters. The predicted molar refractivity (Wildman–Crippen MR) is 99.3 cm³/mol. The third-order valence-corrected chi connectivity index (χ3v) is 3.44. The zero-order valence-electron chi connectivity index (χ0n) is 15.3. The number of benzene rings is 2. The lowest BCUT2D eigenvalue weighted by molar-refractivity contribution is -0.149. The number of methoxy groups -OCH3 is 1. The lowest BCUT2D eigenvalue weighted by Gasteiger charge is -2.20. The van der Waals surface area contributed by atoms with Crippen LogP contribution in [0.2, 0.25) is 0 Å². The third-order valence-electron chi connectivity index (χ3n) is 3.44. The van der Waals surface area contributed by atoms with Crippen LogP contribution >= 0.6 is 0 Å². The summed E-state index contributed by atoms with van der Waals surface area (Å²) < 4.78 is 10.5. The van der Waals surface area contributed by atoms with Gasteiger partial charge in [-0.05, 0) is 56.7 Å². The van der Waals surface area contributed by atoms with Crippen molar-refractivity contribution in [2.24, 2.45) is 0 Å². The molecular weight excluding hydrogens is 332 g/mol. The van der Waals surface area contributed by atoms with Gasteiger partial charge in [0, 0.05) is 0 Å². The molecule has 2 aromatic rings. The number of ether oxygens (including phenoxy) is 2. The van der Waals surface area contributed by atoms with Crippen LogP contribution in [0.15, 0.2) is 54.1 Å². The summed E-state index contributed by atoms with van der Waals surface area (Å²) >= 11 is 0. The Morgan fingerprint density at radius 3 is 2.15 bits per heavy atom. The molecule has 0 heterocycles. The van der Waals surface area contributed by atoms with Gasteiger partial charge in [0.25, 0.3) is 0 Å². The first-order valence-electron chi connectivity index (χ1n) is 8.13. The molecule has 0 fully saturated rings. The van der Waals surface area contributed by atoms with Crippen molar-refractivity contribution in [2.45, 2.75) is 26.4 Å². The number of ketones is 1. The van der Waals surface area contributed by atoms with E-state index >= 15 is 0 Å². The quantitative estimate of drug-likeness (QED) is 0.289. The number of carbonyl (C=O) groups is 2. The molecule has 0 amide bonds. The summed E-state index contributed by atoms with van der Waals surface area (Å²) in [6, 6.07) is 13.0. The molecule has 0 bridgehead atoms. The van der Waals surface area contributed by atoms with E-state index in [1.54, 1.807) is 64.3 Å². The van der Waals surface area contributed by atoms with Crippen molar-refractivity contribution in [3.63, 3.8) is 0 Å². The minimum atomic E-state index is -0.755. The van der Waals surface area contributed by atoms with E-state index in [2.05, 4.69) is 0 Å². The number of carbonyl (C=O) groups excluding carboxylic acids is 2. The van der Waals surface area contributed by atoms with E-state index in [1.807, 2.05) is 0 Å². The van der Waals surface area contributed by atoms with Crippen molar-refractivity contribution in [1.82, 2.24) is 0 Å². The Hall–Kier alpha value is -3.08. The molecule has 136 valence electrons. The van der Waals surface area contributed by atoms with Gasteiger partial charge in [-0.2, -0.15) is 0 Å². The molecule has 1 N–H and O–H groups in total. The van der Waals surface area contributed by atoms with Crippen molar-refractivity contribution < 1.29 is 24.2 Å². The molecule has 0 atom stereocenters. The van der Waals surface area contributed by atoms with E-state index < -0.39 is 17.4 Å². The van der Waals surface area contributed by atoms with Crippen LogP contribution in [-0.2, 0) is 9.53 Å². The number of rotatable bonds is 5. The molecule has 5 nitrogen and oxygen atoms in total. The fourth-order valence-corrected chi connectivity index (χ4v) is 2.23. The first kappa shape index (κ1) is 19.2. The van der Waals surface area contributed by atoms with Gasteiger partial charge in [-0.1, -0.05) is 24.3 Å². The van der Waals surface area contributed by atoms with Crippen molar-refractivity contribution >= 4 is 17.8 Å². The molecule has 0 aliphatic rings. The van der Waals surface area contributed by atoms with Crippen LogP contribution in [-0.4, -0.2) is 29.6 Å². The number of hydrogen-bond donors (Lipinski definition) is 1. The smallest absolute Gasteiger partial charge is 0.342 e. The van der Waals surface area contributed by atoms with Crippen LogP contribution < -0.4 is 4.74 Å². The second-order valence-corrected chi connectivity index (χ2v) is 6.68. The Bertz CT molecular complexity index is 826. The van der Waals surface area contributed by atoms with Crippen molar-refractivity contribution in [1.29, 1.82) is 0 Å². The van der Waals surface area contributed by atoms with Crippen LogP contribution in [0.4, 0.5) is 0 Å². The Morgan fingerprint density at radius 2 is 1.62 bits per heavy atom. The highest BCUT2D eigenvalue weighted by molar-refractivity contribution is 6.27. The fourth-order valence-electron chi connectivity index (χ4n) is 2.23. The fraction of sp³-hybridized carbons (Fsp3) is 0.238. The average Bonchev–Trinajstić information content (AvgIpc) is 2.58. The van der Waals surface area contributed by atoms with E-state index in [4.69, 9.17) is 9.47 Å². The summed E-state index contributed by atoms with van der Waals surface area (Å²) in [7, 11) is 1.55. The maximum Gasteiger partial charge on any atom is 0.342 e. The summed E-state index contributed by atoms with van der Waals surface area (Å²) in [6.07, 6.45) is 1.45. The van der Waals surface area contributed by atoms with Gasteiger partial charge in [-0.15, -0.1) is 0 Å². The standard InChI is InChI=1S/C21H22O5/c1-21(2,3)26-20(24)17(13-14-9-11-15(25-4)12-10-14)19(23)16-7-5-6-8-18(16)22/h5-13,22H,1-4H3/b17-13-. The highest BCUT2D eigenvalue weighted by Gasteiger charge is 2.27. The summed E-state index contributed by atoms with van der Waals surface area (Å²) in [6.45, 7) is 5.17. The van der Waals surface area contributed by atoms with E-state index in [0.29, 0.717) is 11.3 Å². The topological polar surface area (TPSA) is 72.8 Å². The maximum atomic E-state index is 12.9. The molecule has 0 spiro atoms. The number of hydrogen-bond acceptors (Lipinski definition) is 5. The molecule has 0 aromatic heterocycles. The van der Waals surface area contributed by atoms with Gasteiger partial charge in [0.1, 0.15) is 22.7 Å². The monoisotopic (exact) mass is 354 g/mol. The first-order chi connectivity index (χ1) is 12.2. The molecule has 5 heteroatoms. The number of Topliss-reactive ketones (excluding diaryl/α,β-unsaturated/α-hetero) is 1. The summed E-state index contributed by atoms with van der Waals surface area (Å²) in [5.41, 5.74) is -0.241. The van der Waals surface area contributed by atoms with Crippen molar-refractivity contribution in [2.75, 3.05) is 7.11 Å². The largest absolute Gasteiger partial charge is 0.507 e. The van der Waals surface area contributed by atoms with Gasteiger partial charge >= 0.3 is 5.97 Å². The molecule has 0 saturated heterocycles. The van der Waals surface area contributed by atoms with Crippen LogP contribution in [0.5, 0.6) is 11.5 Å². The molecule has 2 aromatic carbocycles. The highest BCUT2D eigenvalue weighted by atomic mass is 16.6. The molecular formula is C21H22O5. The van der Waals surface area contributed by atoms with Crippen molar-refractivity contribution in [3.05, 3.63) is 65.2 Å². The summed E-state index contributed by atoms with van der Waals surface area (Å²) in [4.78, 5) is 25.5. The van der Waals surface area contributed by atoms with Crippen LogP contribution in [0.3, 0.4) is 0 Å². The molecule has 2 rings (SSSR count). The predicted octanol–water partition coefficient (Wildman–Crippen LogP) is 4.01. The number of phenols is 1. The second-order valence-electron chi connectivity index (χ2n) is 6.68. The Kier molecular flexibility index (Phi) is 5.82. The number of aromatic hydroxyl groups is 1. The van der Waals surface area contributed by atoms with E-state index in [0.717, 1.165) is 0 Å².